The van der Waals surface area contributed by atoms with E-state index in [2.05, 4.69) is 15.7 Å². The van der Waals surface area contributed by atoms with Gasteiger partial charge in [-0.1, -0.05) is 35.9 Å². The van der Waals surface area contributed by atoms with Crippen LogP contribution in [0.25, 0.3) is 11.1 Å². The van der Waals surface area contributed by atoms with Crippen LogP contribution in [0.1, 0.15) is 18.2 Å². The molecule has 6 nitrogen and oxygen atoms in total. The number of carbonyl (C=O) groups is 2. The number of nitrogens with zero attached hydrogens (tertiary/aromatic N) is 2. The molecule has 0 fully saturated rings. The van der Waals surface area contributed by atoms with Crippen molar-refractivity contribution in [1.29, 1.82) is 0 Å². The fraction of sp³-hybridized carbons (Fsp3) is 0.150. The summed E-state index contributed by atoms with van der Waals surface area (Å²) in [5, 5.41) is 10.4. The van der Waals surface area contributed by atoms with Crippen molar-refractivity contribution >= 4 is 34.9 Å². The number of rotatable bonds is 4. The molecule has 142 valence electrons. The number of hydrogen-bond donors (Lipinski definition) is 2. The van der Waals surface area contributed by atoms with Crippen LogP contribution in [0.3, 0.4) is 0 Å². The van der Waals surface area contributed by atoms with Crippen LogP contribution in [0.5, 0.6) is 0 Å². The highest BCUT2D eigenvalue weighted by Gasteiger charge is 2.36. The first-order valence-corrected chi connectivity index (χ1v) is 9.02. The molecular weight excluding hydrogens is 383 g/mol. The van der Waals surface area contributed by atoms with Crippen molar-refractivity contribution in [3.63, 3.8) is 0 Å². The predicted molar refractivity (Wildman–Crippen MR) is 105 cm³/mol. The van der Waals surface area contributed by atoms with Gasteiger partial charge >= 0.3 is 0 Å². The zero-order valence-electron chi connectivity index (χ0n) is 14.9. The van der Waals surface area contributed by atoms with Gasteiger partial charge in [0.25, 0.3) is 5.91 Å². The lowest BCUT2D eigenvalue weighted by Gasteiger charge is -2.10. The van der Waals surface area contributed by atoms with Crippen LogP contribution in [-0.4, -0.2) is 21.6 Å². The van der Waals surface area contributed by atoms with E-state index in [1.165, 1.54) is 22.9 Å². The molecule has 4 rings (SSSR count). The largest absolute Gasteiger partial charge is 0.324 e. The lowest BCUT2D eigenvalue weighted by atomic mass is 10.1. The standard InChI is InChI=1S/C20H16ClFN4O2/c1-11-18(12-6-8-13(21)9-7-12)19-24-20(28)16(26(19)25-11)10-17(27)23-15-5-3-2-4-14(15)22/h2-9,16H,10H2,1H3,(H,23,27)(H,24,28). The van der Waals surface area contributed by atoms with E-state index < -0.39 is 17.8 Å². The number of aromatic nitrogens is 2. The molecule has 1 aliphatic heterocycles. The Bertz CT molecular complexity index is 1080. The predicted octanol–water partition coefficient (Wildman–Crippen LogP) is 4.17. The molecule has 0 bridgehead atoms. The average Bonchev–Trinajstić information content (AvgIpc) is 3.12. The number of aryl methyl sites for hydroxylation is 1. The number of anilines is 2. The van der Waals surface area contributed by atoms with Gasteiger partial charge in [-0.05, 0) is 36.8 Å². The first-order chi connectivity index (χ1) is 13.4. The van der Waals surface area contributed by atoms with Crippen molar-refractivity contribution in [3.05, 3.63) is 65.1 Å². The number of halogens is 2. The summed E-state index contributed by atoms with van der Waals surface area (Å²) in [5.74, 6) is -0.804. The molecule has 1 atom stereocenters. The van der Waals surface area contributed by atoms with Crippen LogP contribution in [-0.2, 0) is 9.59 Å². The Balaban J connectivity index is 1.59. The molecule has 3 aromatic rings. The Hall–Kier alpha value is -3.19. The maximum Gasteiger partial charge on any atom is 0.251 e. The normalized spacial score (nSPS) is 15.2. The summed E-state index contributed by atoms with van der Waals surface area (Å²) in [6, 6.07) is 12.3. The van der Waals surface area contributed by atoms with E-state index in [1.54, 1.807) is 18.2 Å². The molecule has 8 heteroatoms. The van der Waals surface area contributed by atoms with Crippen molar-refractivity contribution in [2.24, 2.45) is 0 Å². The van der Waals surface area contributed by atoms with Crippen molar-refractivity contribution in [1.82, 2.24) is 9.78 Å². The third-order valence-electron chi connectivity index (χ3n) is 4.58. The van der Waals surface area contributed by atoms with Gasteiger partial charge in [0.1, 0.15) is 17.7 Å². The third kappa shape index (κ3) is 3.25. The van der Waals surface area contributed by atoms with Crippen LogP contribution in [0.4, 0.5) is 15.9 Å². The van der Waals surface area contributed by atoms with Gasteiger partial charge in [-0.3, -0.25) is 9.59 Å². The number of amides is 2. The van der Waals surface area contributed by atoms with E-state index in [9.17, 15) is 14.0 Å². The molecule has 2 N–H and O–H groups in total. The summed E-state index contributed by atoms with van der Waals surface area (Å²) < 4.78 is 15.2. The van der Waals surface area contributed by atoms with Gasteiger partial charge in [-0.15, -0.1) is 0 Å². The maximum atomic E-state index is 13.7. The molecule has 2 heterocycles. The number of para-hydroxylation sites is 1. The van der Waals surface area contributed by atoms with Crippen LogP contribution < -0.4 is 10.6 Å². The van der Waals surface area contributed by atoms with Gasteiger partial charge in [-0.25, -0.2) is 9.07 Å². The maximum absolute atomic E-state index is 13.7. The molecule has 1 unspecified atom stereocenters. The fourth-order valence-corrected chi connectivity index (χ4v) is 3.41. The van der Waals surface area contributed by atoms with E-state index in [0.29, 0.717) is 10.8 Å². The van der Waals surface area contributed by atoms with Crippen molar-refractivity contribution in [3.8, 4) is 11.1 Å². The minimum absolute atomic E-state index is 0.0737. The smallest absolute Gasteiger partial charge is 0.251 e. The fourth-order valence-electron chi connectivity index (χ4n) is 3.28. The summed E-state index contributed by atoms with van der Waals surface area (Å²) in [5.41, 5.74) is 2.43. The Morgan fingerprint density at radius 2 is 1.96 bits per heavy atom. The molecule has 2 amide bonds. The van der Waals surface area contributed by atoms with Crippen LogP contribution >= 0.6 is 11.6 Å². The van der Waals surface area contributed by atoms with Gasteiger partial charge in [0.15, 0.2) is 0 Å². The summed E-state index contributed by atoms with van der Waals surface area (Å²) >= 11 is 5.95. The molecule has 1 aromatic heterocycles. The SMILES string of the molecule is Cc1nn2c(c1-c1ccc(Cl)cc1)NC(=O)C2CC(=O)Nc1ccccc1F. The highest BCUT2D eigenvalue weighted by molar-refractivity contribution is 6.30. The van der Waals surface area contributed by atoms with E-state index in [0.717, 1.165) is 16.8 Å². The highest BCUT2D eigenvalue weighted by atomic mass is 35.5. The average molecular weight is 399 g/mol. The molecule has 0 aliphatic carbocycles. The van der Waals surface area contributed by atoms with E-state index in [1.807, 2.05) is 19.1 Å². The number of hydrogen-bond acceptors (Lipinski definition) is 3. The second kappa shape index (κ2) is 7.09. The Kier molecular flexibility index (Phi) is 4.60. The zero-order valence-corrected chi connectivity index (χ0v) is 15.6. The summed E-state index contributed by atoms with van der Waals surface area (Å²) in [7, 11) is 0. The second-order valence-corrected chi connectivity index (χ2v) is 6.93. The summed E-state index contributed by atoms with van der Waals surface area (Å²) in [4.78, 5) is 24.8. The first kappa shape index (κ1) is 18.2. The minimum atomic E-state index is -0.804. The van der Waals surface area contributed by atoms with E-state index in [4.69, 9.17) is 11.6 Å². The monoisotopic (exact) mass is 398 g/mol. The lowest BCUT2D eigenvalue weighted by Crippen LogP contribution is -2.24. The molecular formula is C20H16ClFN4O2. The molecule has 0 radical (unpaired) electrons. The van der Waals surface area contributed by atoms with Crippen LogP contribution in [0, 0.1) is 12.7 Å². The number of carbonyl (C=O) groups excluding carboxylic acids is 2. The molecule has 0 saturated heterocycles. The minimum Gasteiger partial charge on any atom is -0.324 e. The van der Waals surface area contributed by atoms with Crippen molar-refractivity contribution in [2.75, 3.05) is 10.6 Å². The summed E-state index contributed by atoms with van der Waals surface area (Å²) in [6.45, 7) is 1.83. The van der Waals surface area contributed by atoms with Crippen molar-refractivity contribution in [2.45, 2.75) is 19.4 Å². The van der Waals surface area contributed by atoms with Crippen LogP contribution in [0.15, 0.2) is 48.5 Å². The second-order valence-electron chi connectivity index (χ2n) is 6.50. The number of nitrogens with one attached hydrogen (secondary N) is 2. The molecule has 0 saturated carbocycles. The van der Waals surface area contributed by atoms with Gasteiger partial charge in [-0.2, -0.15) is 5.10 Å². The Morgan fingerprint density at radius 1 is 1.25 bits per heavy atom. The number of benzene rings is 2. The van der Waals surface area contributed by atoms with E-state index >= 15 is 0 Å². The molecule has 28 heavy (non-hydrogen) atoms. The summed E-state index contributed by atoms with van der Waals surface area (Å²) in [6.07, 6.45) is -0.158. The lowest BCUT2D eigenvalue weighted by molar-refractivity contribution is -0.123. The molecule has 1 aliphatic rings. The van der Waals surface area contributed by atoms with Crippen LogP contribution in [0.2, 0.25) is 5.02 Å². The van der Waals surface area contributed by atoms with Gasteiger partial charge in [0.05, 0.1) is 17.8 Å². The van der Waals surface area contributed by atoms with Gasteiger partial charge in [0, 0.05) is 10.6 Å². The van der Waals surface area contributed by atoms with E-state index in [-0.39, 0.29) is 18.0 Å². The van der Waals surface area contributed by atoms with Gasteiger partial charge < -0.3 is 10.6 Å². The molecule has 0 spiro atoms. The molecule has 2 aromatic carbocycles. The quantitative estimate of drug-likeness (QED) is 0.692. The Morgan fingerprint density at radius 3 is 2.68 bits per heavy atom. The number of fused-ring (bicyclic) bond motifs is 1. The topological polar surface area (TPSA) is 76.0 Å². The Labute approximate surface area is 165 Å². The van der Waals surface area contributed by atoms with Gasteiger partial charge in [0.2, 0.25) is 5.91 Å². The zero-order chi connectivity index (χ0) is 19.8. The highest BCUT2D eigenvalue weighted by Crippen LogP contribution is 2.38. The third-order valence-corrected chi connectivity index (χ3v) is 4.84. The van der Waals surface area contributed by atoms with Crippen molar-refractivity contribution < 1.29 is 14.0 Å². The first-order valence-electron chi connectivity index (χ1n) is 8.64.